The van der Waals surface area contributed by atoms with Crippen molar-refractivity contribution in [3.05, 3.63) is 24.0 Å². The maximum atomic E-state index is 12.0. The SMILES string of the molecule is CCN1CCCC1CNC(=O)c1ccncc1N. The summed E-state index contributed by atoms with van der Waals surface area (Å²) >= 11 is 0. The van der Waals surface area contributed by atoms with Crippen molar-refractivity contribution < 1.29 is 4.79 Å². The Morgan fingerprint density at radius 2 is 2.50 bits per heavy atom. The summed E-state index contributed by atoms with van der Waals surface area (Å²) in [6, 6.07) is 2.11. The highest BCUT2D eigenvalue weighted by atomic mass is 16.1. The third kappa shape index (κ3) is 2.79. The molecule has 1 atom stereocenters. The van der Waals surface area contributed by atoms with E-state index in [4.69, 9.17) is 5.73 Å². The third-order valence-corrected chi connectivity index (χ3v) is 3.50. The second-order valence-corrected chi connectivity index (χ2v) is 4.60. The lowest BCUT2D eigenvalue weighted by atomic mass is 10.2. The molecule has 0 spiro atoms. The molecule has 5 heteroatoms. The highest BCUT2D eigenvalue weighted by Gasteiger charge is 2.23. The fourth-order valence-electron chi connectivity index (χ4n) is 2.46. The lowest BCUT2D eigenvalue weighted by molar-refractivity contribution is 0.0942. The number of amides is 1. The third-order valence-electron chi connectivity index (χ3n) is 3.50. The fourth-order valence-corrected chi connectivity index (χ4v) is 2.46. The maximum Gasteiger partial charge on any atom is 0.253 e. The van der Waals surface area contributed by atoms with Gasteiger partial charge in [-0.15, -0.1) is 0 Å². The van der Waals surface area contributed by atoms with Gasteiger partial charge in [-0.1, -0.05) is 6.92 Å². The zero-order valence-electron chi connectivity index (χ0n) is 10.7. The molecule has 0 aromatic carbocycles. The van der Waals surface area contributed by atoms with Crippen LogP contribution in [-0.2, 0) is 0 Å². The molecule has 0 saturated carbocycles. The molecule has 1 unspecified atom stereocenters. The number of hydrogen-bond donors (Lipinski definition) is 2. The molecule has 0 radical (unpaired) electrons. The highest BCUT2D eigenvalue weighted by molar-refractivity contribution is 5.98. The van der Waals surface area contributed by atoms with E-state index in [1.54, 1.807) is 12.3 Å². The normalized spacial score (nSPS) is 19.9. The Hall–Kier alpha value is -1.62. The Morgan fingerprint density at radius 3 is 3.22 bits per heavy atom. The van der Waals surface area contributed by atoms with E-state index < -0.39 is 0 Å². The number of anilines is 1. The van der Waals surface area contributed by atoms with Gasteiger partial charge in [0.15, 0.2) is 0 Å². The van der Waals surface area contributed by atoms with Gasteiger partial charge in [-0.2, -0.15) is 0 Å². The van der Waals surface area contributed by atoms with Crippen molar-refractivity contribution in [3.8, 4) is 0 Å². The van der Waals surface area contributed by atoms with Gasteiger partial charge in [-0.3, -0.25) is 14.7 Å². The molecule has 0 aliphatic carbocycles. The van der Waals surface area contributed by atoms with Crippen molar-refractivity contribution in [2.45, 2.75) is 25.8 Å². The molecule has 1 saturated heterocycles. The van der Waals surface area contributed by atoms with Crippen LogP contribution >= 0.6 is 0 Å². The molecule has 1 aromatic rings. The quantitative estimate of drug-likeness (QED) is 0.829. The van der Waals surface area contributed by atoms with E-state index in [2.05, 4.69) is 22.1 Å². The van der Waals surface area contributed by atoms with Gasteiger partial charge in [0.05, 0.1) is 17.4 Å². The van der Waals surface area contributed by atoms with Gasteiger partial charge < -0.3 is 11.1 Å². The minimum atomic E-state index is -0.113. The van der Waals surface area contributed by atoms with Crippen LogP contribution in [0.5, 0.6) is 0 Å². The summed E-state index contributed by atoms with van der Waals surface area (Å²) in [5.41, 5.74) is 6.66. The van der Waals surface area contributed by atoms with Gasteiger partial charge in [0.2, 0.25) is 0 Å². The number of hydrogen-bond acceptors (Lipinski definition) is 4. The Morgan fingerprint density at radius 1 is 1.67 bits per heavy atom. The van der Waals surface area contributed by atoms with E-state index in [1.165, 1.54) is 12.6 Å². The van der Waals surface area contributed by atoms with Gasteiger partial charge >= 0.3 is 0 Å². The molecular formula is C13H20N4O. The van der Waals surface area contributed by atoms with Gasteiger partial charge in [-0.05, 0) is 32.0 Å². The summed E-state index contributed by atoms with van der Waals surface area (Å²) in [6.45, 7) is 5.02. The number of likely N-dealkylation sites (tertiary alicyclic amines) is 1. The first-order valence-corrected chi connectivity index (χ1v) is 6.44. The number of carbonyl (C=O) groups excluding carboxylic acids is 1. The molecule has 1 amide bonds. The first kappa shape index (κ1) is 12.8. The molecule has 98 valence electrons. The number of nitrogens with zero attached hydrogens (tertiary/aromatic N) is 2. The molecule has 1 aromatic heterocycles. The average Bonchev–Trinajstić information content (AvgIpc) is 2.84. The average molecular weight is 248 g/mol. The van der Waals surface area contributed by atoms with E-state index in [1.807, 2.05) is 0 Å². The summed E-state index contributed by atoms with van der Waals surface area (Å²) in [5.74, 6) is -0.113. The standard InChI is InChI=1S/C13H20N4O/c1-2-17-7-3-4-10(17)8-16-13(18)11-5-6-15-9-12(11)14/h5-6,9-10H,2-4,7-8,14H2,1H3,(H,16,18). The predicted octanol–water partition coefficient (Wildman–Crippen LogP) is 0.878. The number of rotatable bonds is 4. The summed E-state index contributed by atoms with van der Waals surface area (Å²) in [7, 11) is 0. The molecule has 5 nitrogen and oxygen atoms in total. The minimum absolute atomic E-state index is 0.113. The van der Waals surface area contributed by atoms with E-state index in [0.717, 1.165) is 19.5 Å². The van der Waals surface area contributed by atoms with Crippen LogP contribution in [0.3, 0.4) is 0 Å². The van der Waals surface area contributed by atoms with E-state index in [9.17, 15) is 4.79 Å². The van der Waals surface area contributed by atoms with Crippen LogP contribution in [-0.4, -0.2) is 41.5 Å². The molecular weight excluding hydrogens is 228 g/mol. The molecule has 1 aliphatic rings. The van der Waals surface area contributed by atoms with E-state index in [0.29, 0.717) is 23.8 Å². The monoisotopic (exact) mass is 248 g/mol. The van der Waals surface area contributed by atoms with Crippen LogP contribution in [0.1, 0.15) is 30.1 Å². The Kier molecular flexibility index (Phi) is 4.15. The highest BCUT2D eigenvalue weighted by Crippen LogP contribution is 2.16. The number of nitrogen functional groups attached to an aromatic ring is 1. The number of aromatic nitrogens is 1. The molecule has 18 heavy (non-hydrogen) atoms. The van der Waals surface area contributed by atoms with Crippen LogP contribution in [0.15, 0.2) is 18.5 Å². The van der Waals surface area contributed by atoms with Crippen molar-refractivity contribution >= 4 is 11.6 Å². The zero-order chi connectivity index (χ0) is 13.0. The smallest absolute Gasteiger partial charge is 0.253 e. The predicted molar refractivity (Wildman–Crippen MR) is 71.3 cm³/mol. The van der Waals surface area contributed by atoms with Gasteiger partial charge in [-0.25, -0.2) is 0 Å². The van der Waals surface area contributed by atoms with E-state index in [-0.39, 0.29) is 5.91 Å². The van der Waals surface area contributed by atoms with E-state index >= 15 is 0 Å². The number of pyridine rings is 1. The lowest BCUT2D eigenvalue weighted by Crippen LogP contribution is -2.40. The molecule has 0 bridgehead atoms. The topological polar surface area (TPSA) is 71.2 Å². The van der Waals surface area contributed by atoms with Crippen LogP contribution in [0.25, 0.3) is 0 Å². The van der Waals surface area contributed by atoms with Gasteiger partial charge in [0, 0.05) is 18.8 Å². The molecule has 1 aliphatic heterocycles. The zero-order valence-corrected chi connectivity index (χ0v) is 10.7. The second-order valence-electron chi connectivity index (χ2n) is 4.60. The van der Waals surface area contributed by atoms with Crippen LogP contribution < -0.4 is 11.1 Å². The minimum Gasteiger partial charge on any atom is -0.397 e. The summed E-state index contributed by atoms with van der Waals surface area (Å²) in [4.78, 5) is 18.3. The fraction of sp³-hybridized carbons (Fsp3) is 0.538. The van der Waals surface area contributed by atoms with Crippen molar-refractivity contribution in [1.82, 2.24) is 15.2 Å². The number of nitrogens with two attached hydrogens (primary N) is 1. The van der Waals surface area contributed by atoms with Crippen molar-refractivity contribution in [2.24, 2.45) is 0 Å². The Labute approximate surface area is 107 Å². The van der Waals surface area contributed by atoms with Crippen molar-refractivity contribution in [1.29, 1.82) is 0 Å². The summed E-state index contributed by atoms with van der Waals surface area (Å²) < 4.78 is 0. The summed E-state index contributed by atoms with van der Waals surface area (Å²) in [6.07, 6.45) is 5.45. The van der Waals surface area contributed by atoms with Crippen LogP contribution in [0, 0.1) is 0 Å². The number of nitrogens with one attached hydrogen (secondary N) is 1. The van der Waals surface area contributed by atoms with Gasteiger partial charge in [0.1, 0.15) is 0 Å². The molecule has 2 rings (SSSR count). The molecule has 1 fully saturated rings. The maximum absolute atomic E-state index is 12.0. The summed E-state index contributed by atoms with van der Waals surface area (Å²) in [5, 5.41) is 2.96. The Bertz CT molecular complexity index is 421. The van der Waals surface area contributed by atoms with Crippen molar-refractivity contribution in [3.63, 3.8) is 0 Å². The largest absolute Gasteiger partial charge is 0.397 e. The first-order valence-electron chi connectivity index (χ1n) is 6.44. The van der Waals surface area contributed by atoms with Gasteiger partial charge in [0.25, 0.3) is 5.91 Å². The number of carbonyl (C=O) groups is 1. The second kappa shape index (κ2) is 5.82. The van der Waals surface area contributed by atoms with Crippen LogP contribution in [0.2, 0.25) is 0 Å². The number of likely N-dealkylation sites (N-methyl/N-ethyl adjacent to an activating group) is 1. The Balaban J connectivity index is 1.91. The van der Waals surface area contributed by atoms with Crippen LogP contribution in [0.4, 0.5) is 5.69 Å². The first-order chi connectivity index (χ1) is 8.72. The molecule has 3 N–H and O–H groups in total. The van der Waals surface area contributed by atoms with Crippen molar-refractivity contribution in [2.75, 3.05) is 25.4 Å². The molecule has 2 heterocycles. The lowest BCUT2D eigenvalue weighted by Gasteiger charge is -2.22.